The Kier molecular flexibility index (Phi) is 4.99. The van der Waals surface area contributed by atoms with Crippen LogP contribution in [0.1, 0.15) is 26.7 Å². The minimum Gasteiger partial charge on any atom is -0.396 e. The van der Waals surface area contributed by atoms with Crippen LogP contribution >= 0.6 is 0 Å². The average molecular weight is 217 g/mol. The van der Waals surface area contributed by atoms with Crippen LogP contribution in [-0.2, 0) is 4.74 Å². The van der Waals surface area contributed by atoms with Crippen LogP contribution in [0.25, 0.3) is 0 Å². The van der Waals surface area contributed by atoms with Gasteiger partial charge >= 0.3 is 0 Å². The molecule has 1 saturated heterocycles. The molecule has 0 saturated carbocycles. The van der Waals surface area contributed by atoms with Gasteiger partial charge in [0.05, 0.1) is 25.4 Å². The molecule has 2 atom stereocenters. The number of hydrogen-bond acceptors (Lipinski definition) is 4. The van der Waals surface area contributed by atoms with Gasteiger partial charge in [-0.1, -0.05) is 13.8 Å². The van der Waals surface area contributed by atoms with Gasteiger partial charge in [-0.2, -0.15) is 0 Å². The standard InChI is InChI=1S/C11H23NO3/c1-11(2,4-3-5-13)8-12-9-6-15-7-10(9)14/h9-10,12-14H,3-8H2,1-2H3. The van der Waals surface area contributed by atoms with E-state index in [1.165, 1.54) is 0 Å². The Hall–Kier alpha value is -0.160. The molecule has 0 amide bonds. The number of ether oxygens (including phenoxy) is 1. The fourth-order valence-electron chi connectivity index (χ4n) is 1.79. The highest BCUT2D eigenvalue weighted by Crippen LogP contribution is 2.21. The molecule has 4 nitrogen and oxygen atoms in total. The Morgan fingerprint density at radius 2 is 2.13 bits per heavy atom. The molecule has 0 aromatic carbocycles. The lowest BCUT2D eigenvalue weighted by atomic mass is 9.87. The molecule has 1 heterocycles. The molecule has 0 bridgehead atoms. The lowest BCUT2D eigenvalue weighted by Gasteiger charge is -2.27. The summed E-state index contributed by atoms with van der Waals surface area (Å²) in [5.41, 5.74) is 0.158. The van der Waals surface area contributed by atoms with Gasteiger partial charge in [-0.25, -0.2) is 0 Å². The Bertz CT molecular complexity index is 185. The van der Waals surface area contributed by atoms with Crippen molar-refractivity contribution < 1.29 is 14.9 Å². The van der Waals surface area contributed by atoms with E-state index >= 15 is 0 Å². The Morgan fingerprint density at radius 1 is 1.40 bits per heavy atom. The minimum atomic E-state index is -0.376. The van der Waals surface area contributed by atoms with Gasteiger partial charge in [0.15, 0.2) is 0 Å². The zero-order valence-electron chi connectivity index (χ0n) is 9.70. The molecular weight excluding hydrogens is 194 g/mol. The first-order valence-electron chi connectivity index (χ1n) is 5.65. The fraction of sp³-hybridized carbons (Fsp3) is 1.00. The molecule has 1 rings (SSSR count). The smallest absolute Gasteiger partial charge is 0.0948 e. The number of hydrogen-bond donors (Lipinski definition) is 3. The van der Waals surface area contributed by atoms with Crippen LogP contribution in [0.2, 0.25) is 0 Å². The summed E-state index contributed by atoms with van der Waals surface area (Å²) < 4.78 is 5.16. The van der Waals surface area contributed by atoms with Crippen molar-refractivity contribution in [2.45, 2.75) is 38.8 Å². The third-order valence-electron chi connectivity index (χ3n) is 2.90. The van der Waals surface area contributed by atoms with Crippen molar-refractivity contribution >= 4 is 0 Å². The first kappa shape index (κ1) is 12.9. The maximum atomic E-state index is 9.53. The Labute approximate surface area is 91.6 Å². The monoisotopic (exact) mass is 217 g/mol. The van der Waals surface area contributed by atoms with Crippen LogP contribution in [0.5, 0.6) is 0 Å². The highest BCUT2D eigenvalue weighted by Gasteiger charge is 2.27. The van der Waals surface area contributed by atoms with Gasteiger partial charge < -0.3 is 20.3 Å². The molecule has 3 N–H and O–H groups in total. The molecule has 1 aliphatic heterocycles. The summed E-state index contributed by atoms with van der Waals surface area (Å²) in [5, 5.41) is 21.6. The summed E-state index contributed by atoms with van der Waals surface area (Å²) in [4.78, 5) is 0. The lowest BCUT2D eigenvalue weighted by Crippen LogP contribution is -2.43. The largest absolute Gasteiger partial charge is 0.396 e. The van der Waals surface area contributed by atoms with Gasteiger partial charge in [-0.05, 0) is 18.3 Å². The van der Waals surface area contributed by atoms with Crippen LogP contribution in [0.15, 0.2) is 0 Å². The first-order valence-corrected chi connectivity index (χ1v) is 5.65. The highest BCUT2D eigenvalue weighted by molar-refractivity contribution is 4.83. The second kappa shape index (κ2) is 5.80. The van der Waals surface area contributed by atoms with Gasteiger partial charge in [-0.15, -0.1) is 0 Å². The van der Waals surface area contributed by atoms with Crippen molar-refractivity contribution in [3.63, 3.8) is 0 Å². The topological polar surface area (TPSA) is 61.7 Å². The van der Waals surface area contributed by atoms with E-state index in [0.717, 1.165) is 19.4 Å². The first-order chi connectivity index (χ1) is 7.05. The van der Waals surface area contributed by atoms with Crippen LogP contribution in [0, 0.1) is 5.41 Å². The molecule has 0 aliphatic carbocycles. The van der Waals surface area contributed by atoms with Crippen LogP contribution < -0.4 is 5.32 Å². The van der Waals surface area contributed by atoms with E-state index in [-0.39, 0.29) is 24.2 Å². The third-order valence-corrected chi connectivity index (χ3v) is 2.90. The fourth-order valence-corrected chi connectivity index (χ4v) is 1.79. The van der Waals surface area contributed by atoms with Crippen molar-refractivity contribution in [3.05, 3.63) is 0 Å². The number of aliphatic hydroxyl groups excluding tert-OH is 2. The van der Waals surface area contributed by atoms with Gasteiger partial charge in [0.1, 0.15) is 0 Å². The van der Waals surface area contributed by atoms with Crippen molar-refractivity contribution in [3.8, 4) is 0 Å². The van der Waals surface area contributed by atoms with E-state index < -0.39 is 0 Å². The predicted octanol–water partition coefficient (Wildman–Crippen LogP) is 0.134. The van der Waals surface area contributed by atoms with Gasteiger partial charge in [0.2, 0.25) is 0 Å². The molecule has 0 aromatic heterocycles. The Balaban J connectivity index is 2.22. The quantitative estimate of drug-likeness (QED) is 0.592. The molecule has 15 heavy (non-hydrogen) atoms. The zero-order valence-corrected chi connectivity index (χ0v) is 9.70. The SMILES string of the molecule is CC(C)(CCCO)CNC1COCC1O. The molecule has 0 radical (unpaired) electrons. The van der Waals surface area contributed by atoms with Crippen LogP contribution in [0.4, 0.5) is 0 Å². The lowest BCUT2D eigenvalue weighted by molar-refractivity contribution is 0.120. The second-order valence-electron chi connectivity index (χ2n) is 5.08. The third kappa shape index (κ3) is 4.47. The maximum Gasteiger partial charge on any atom is 0.0948 e. The van der Waals surface area contributed by atoms with E-state index in [0.29, 0.717) is 13.2 Å². The molecule has 4 heteroatoms. The highest BCUT2D eigenvalue weighted by atomic mass is 16.5. The summed E-state index contributed by atoms with van der Waals surface area (Å²) in [7, 11) is 0. The number of nitrogens with one attached hydrogen (secondary N) is 1. The summed E-state index contributed by atoms with van der Waals surface area (Å²) in [6.45, 7) is 6.46. The zero-order chi connectivity index (χ0) is 11.3. The summed E-state index contributed by atoms with van der Waals surface area (Å²) in [6.07, 6.45) is 1.44. The van der Waals surface area contributed by atoms with Crippen molar-refractivity contribution in [2.75, 3.05) is 26.4 Å². The van der Waals surface area contributed by atoms with E-state index in [2.05, 4.69) is 19.2 Å². The molecular formula is C11H23NO3. The van der Waals surface area contributed by atoms with Crippen molar-refractivity contribution in [2.24, 2.45) is 5.41 Å². The van der Waals surface area contributed by atoms with Gasteiger partial charge in [0, 0.05) is 13.2 Å². The summed E-state index contributed by atoms with van der Waals surface area (Å²) in [5.74, 6) is 0. The minimum absolute atomic E-state index is 0.0680. The van der Waals surface area contributed by atoms with E-state index in [4.69, 9.17) is 9.84 Å². The molecule has 1 aliphatic rings. The summed E-state index contributed by atoms with van der Waals surface area (Å²) >= 11 is 0. The Morgan fingerprint density at radius 3 is 2.67 bits per heavy atom. The van der Waals surface area contributed by atoms with Crippen LogP contribution in [0.3, 0.4) is 0 Å². The van der Waals surface area contributed by atoms with Crippen molar-refractivity contribution in [1.82, 2.24) is 5.32 Å². The molecule has 90 valence electrons. The number of rotatable bonds is 6. The molecule has 0 spiro atoms. The van der Waals surface area contributed by atoms with Gasteiger partial charge in [-0.3, -0.25) is 0 Å². The molecule has 2 unspecified atom stereocenters. The van der Waals surface area contributed by atoms with Crippen LogP contribution in [-0.4, -0.2) is 48.7 Å². The molecule has 1 fully saturated rings. The normalized spacial score (nSPS) is 27.2. The predicted molar refractivity (Wildman–Crippen MR) is 58.7 cm³/mol. The molecule has 0 aromatic rings. The average Bonchev–Trinajstić information content (AvgIpc) is 2.58. The van der Waals surface area contributed by atoms with Crippen molar-refractivity contribution in [1.29, 1.82) is 0 Å². The number of aliphatic hydroxyl groups is 2. The van der Waals surface area contributed by atoms with E-state index in [1.54, 1.807) is 0 Å². The van der Waals surface area contributed by atoms with E-state index in [1.807, 2.05) is 0 Å². The van der Waals surface area contributed by atoms with E-state index in [9.17, 15) is 5.11 Å². The maximum absolute atomic E-state index is 9.53. The van der Waals surface area contributed by atoms with Gasteiger partial charge in [0.25, 0.3) is 0 Å². The summed E-state index contributed by atoms with van der Waals surface area (Å²) in [6, 6.07) is 0.0680. The second-order valence-corrected chi connectivity index (χ2v) is 5.08.